The second-order valence-electron chi connectivity index (χ2n) is 7.78. The number of amides is 1. The minimum absolute atomic E-state index is 0.102. The Morgan fingerprint density at radius 3 is 2.67 bits per heavy atom. The summed E-state index contributed by atoms with van der Waals surface area (Å²) in [6.45, 7) is 1.95. The van der Waals surface area contributed by atoms with Gasteiger partial charge in [-0.05, 0) is 42.7 Å². The molecule has 1 saturated heterocycles. The molecule has 0 spiro atoms. The van der Waals surface area contributed by atoms with Crippen molar-refractivity contribution in [3.63, 3.8) is 0 Å². The van der Waals surface area contributed by atoms with Gasteiger partial charge in [0.05, 0.1) is 6.04 Å². The molecular formula is C25H25NO4. The molecule has 1 unspecified atom stereocenters. The number of ether oxygens (including phenoxy) is 2. The van der Waals surface area contributed by atoms with Crippen molar-refractivity contribution >= 4 is 5.91 Å². The third-order valence-corrected chi connectivity index (χ3v) is 5.83. The molecule has 30 heavy (non-hydrogen) atoms. The van der Waals surface area contributed by atoms with E-state index in [0.717, 1.165) is 53.5 Å². The van der Waals surface area contributed by atoms with E-state index in [2.05, 4.69) is 6.07 Å². The number of carbonyl (C=O) groups excluding carboxylic acids is 1. The fourth-order valence-corrected chi connectivity index (χ4v) is 4.32. The lowest BCUT2D eigenvalue weighted by molar-refractivity contribution is -0.132. The highest BCUT2D eigenvalue weighted by Crippen LogP contribution is 2.38. The summed E-state index contributed by atoms with van der Waals surface area (Å²) < 4.78 is 17.3. The van der Waals surface area contributed by atoms with Gasteiger partial charge in [-0.25, -0.2) is 0 Å². The number of carbonyl (C=O) groups is 1. The van der Waals surface area contributed by atoms with Crippen molar-refractivity contribution in [2.45, 2.75) is 31.7 Å². The van der Waals surface area contributed by atoms with Gasteiger partial charge < -0.3 is 18.8 Å². The van der Waals surface area contributed by atoms with E-state index < -0.39 is 0 Å². The Hall–Kier alpha value is -3.21. The van der Waals surface area contributed by atoms with Crippen molar-refractivity contribution in [2.24, 2.45) is 0 Å². The number of hydrogen-bond acceptors (Lipinski definition) is 4. The van der Waals surface area contributed by atoms with Crippen LogP contribution in [0.1, 0.15) is 36.6 Å². The average molecular weight is 403 g/mol. The van der Waals surface area contributed by atoms with Crippen LogP contribution in [-0.2, 0) is 11.2 Å². The van der Waals surface area contributed by atoms with Gasteiger partial charge in [0.1, 0.15) is 24.7 Å². The van der Waals surface area contributed by atoms with Crippen LogP contribution >= 0.6 is 0 Å². The van der Waals surface area contributed by atoms with Crippen LogP contribution in [0.3, 0.4) is 0 Å². The molecule has 1 amide bonds. The summed E-state index contributed by atoms with van der Waals surface area (Å²) in [5.41, 5.74) is 2.17. The molecule has 2 aliphatic rings. The van der Waals surface area contributed by atoms with Crippen LogP contribution in [0.15, 0.2) is 65.1 Å². The fourth-order valence-electron chi connectivity index (χ4n) is 4.32. The minimum atomic E-state index is 0.102. The quantitative estimate of drug-likeness (QED) is 0.601. The second kappa shape index (κ2) is 8.27. The largest absolute Gasteiger partial charge is 0.486 e. The SMILES string of the molecule is O=C(CCc1ccc(-c2ccccc2)o1)N1CCCC1c1ccc2c(c1)OCCO2. The van der Waals surface area contributed by atoms with Crippen molar-refractivity contribution < 1.29 is 18.7 Å². The summed E-state index contributed by atoms with van der Waals surface area (Å²) in [6.07, 6.45) is 3.05. The van der Waals surface area contributed by atoms with Crippen molar-refractivity contribution in [1.82, 2.24) is 4.90 Å². The maximum absolute atomic E-state index is 13.0. The molecule has 2 aromatic carbocycles. The third kappa shape index (κ3) is 3.80. The highest BCUT2D eigenvalue weighted by molar-refractivity contribution is 5.77. The molecule has 1 aromatic heterocycles. The van der Waals surface area contributed by atoms with Gasteiger partial charge in [-0.1, -0.05) is 36.4 Å². The Kier molecular flexibility index (Phi) is 5.18. The summed E-state index contributed by atoms with van der Waals surface area (Å²) in [6, 6.07) is 20.1. The zero-order valence-electron chi connectivity index (χ0n) is 16.9. The Labute approximate surface area is 176 Å². The summed E-state index contributed by atoms with van der Waals surface area (Å²) in [5.74, 6) is 3.42. The molecule has 1 atom stereocenters. The molecule has 2 aliphatic heterocycles. The Bertz CT molecular complexity index is 1030. The fraction of sp³-hybridized carbons (Fsp3) is 0.320. The number of benzene rings is 2. The smallest absolute Gasteiger partial charge is 0.223 e. The standard InChI is InChI=1S/C25H25NO4/c27-25(13-10-20-9-12-22(30-20)18-5-2-1-3-6-18)26-14-4-7-21(26)19-8-11-23-24(17-19)29-16-15-28-23/h1-3,5-6,8-9,11-12,17,21H,4,7,10,13-16H2. The molecular weight excluding hydrogens is 378 g/mol. The van der Waals surface area contributed by atoms with Gasteiger partial charge in [-0.3, -0.25) is 4.79 Å². The molecule has 0 radical (unpaired) electrons. The zero-order chi connectivity index (χ0) is 20.3. The molecule has 0 saturated carbocycles. The zero-order valence-corrected chi connectivity index (χ0v) is 16.9. The van der Waals surface area contributed by atoms with E-state index in [4.69, 9.17) is 13.9 Å². The Morgan fingerprint density at radius 1 is 0.967 bits per heavy atom. The van der Waals surface area contributed by atoms with Crippen LogP contribution in [0.5, 0.6) is 11.5 Å². The maximum Gasteiger partial charge on any atom is 0.223 e. The molecule has 0 N–H and O–H groups in total. The van der Waals surface area contributed by atoms with Gasteiger partial charge >= 0.3 is 0 Å². The lowest BCUT2D eigenvalue weighted by Crippen LogP contribution is -2.30. The van der Waals surface area contributed by atoms with Gasteiger partial charge in [-0.15, -0.1) is 0 Å². The van der Waals surface area contributed by atoms with Gasteiger partial charge in [0.25, 0.3) is 0 Å². The summed E-state index contributed by atoms with van der Waals surface area (Å²) in [4.78, 5) is 15.0. The van der Waals surface area contributed by atoms with Crippen LogP contribution in [0, 0.1) is 0 Å². The highest BCUT2D eigenvalue weighted by atomic mass is 16.6. The number of fused-ring (bicyclic) bond motifs is 1. The van der Waals surface area contributed by atoms with E-state index in [0.29, 0.717) is 26.1 Å². The molecule has 3 aromatic rings. The maximum atomic E-state index is 13.0. The predicted octanol–water partition coefficient (Wildman–Crippen LogP) is 5.01. The van der Waals surface area contributed by atoms with Crippen LogP contribution in [0.25, 0.3) is 11.3 Å². The van der Waals surface area contributed by atoms with E-state index in [-0.39, 0.29) is 11.9 Å². The summed E-state index contributed by atoms with van der Waals surface area (Å²) >= 11 is 0. The molecule has 154 valence electrons. The molecule has 5 rings (SSSR count). The van der Waals surface area contributed by atoms with E-state index in [1.807, 2.05) is 59.5 Å². The van der Waals surface area contributed by atoms with Gasteiger partial charge in [0.2, 0.25) is 5.91 Å². The van der Waals surface area contributed by atoms with Gasteiger partial charge in [0.15, 0.2) is 11.5 Å². The van der Waals surface area contributed by atoms with E-state index >= 15 is 0 Å². The van der Waals surface area contributed by atoms with Crippen LogP contribution in [-0.4, -0.2) is 30.6 Å². The van der Waals surface area contributed by atoms with Crippen LogP contribution < -0.4 is 9.47 Å². The number of hydrogen-bond donors (Lipinski definition) is 0. The van der Waals surface area contributed by atoms with E-state index in [1.165, 1.54) is 0 Å². The first-order valence-corrected chi connectivity index (χ1v) is 10.6. The number of aryl methyl sites for hydroxylation is 1. The first-order chi connectivity index (χ1) is 14.8. The van der Waals surface area contributed by atoms with Crippen LogP contribution in [0.2, 0.25) is 0 Å². The minimum Gasteiger partial charge on any atom is -0.486 e. The molecule has 3 heterocycles. The molecule has 1 fully saturated rings. The summed E-state index contributed by atoms with van der Waals surface area (Å²) in [7, 11) is 0. The number of likely N-dealkylation sites (tertiary alicyclic amines) is 1. The second-order valence-corrected chi connectivity index (χ2v) is 7.78. The lowest BCUT2D eigenvalue weighted by Gasteiger charge is -2.26. The summed E-state index contributed by atoms with van der Waals surface area (Å²) in [5, 5.41) is 0. The highest BCUT2D eigenvalue weighted by Gasteiger charge is 2.30. The molecule has 5 nitrogen and oxygen atoms in total. The van der Waals surface area contributed by atoms with Crippen LogP contribution in [0.4, 0.5) is 0 Å². The third-order valence-electron chi connectivity index (χ3n) is 5.83. The predicted molar refractivity (Wildman–Crippen MR) is 114 cm³/mol. The number of rotatable bonds is 5. The Balaban J connectivity index is 1.24. The van der Waals surface area contributed by atoms with Crippen molar-refractivity contribution in [3.8, 4) is 22.8 Å². The molecule has 0 bridgehead atoms. The first-order valence-electron chi connectivity index (χ1n) is 10.6. The Morgan fingerprint density at radius 2 is 1.80 bits per heavy atom. The van der Waals surface area contributed by atoms with E-state index in [1.54, 1.807) is 0 Å². The van der Waals surface area contributed by atoms with Crippen molar-refractivity contribution in [2.75, 3.05) is 19.8 Å². The molecule has 5 heteroatoms. The van der Waals surface area contributed by atoms with Crippen molar-refractivity contribution in [1.29, 1.82) is 0 Å². The average Bonchev–Trinajstić information content (AvgIpc) is 3.48. The van der Waals surface area contributed by atoms with Gasteiger partial charge in [0, 0.05) is 24.9 Å². The first kappa shape index (κ1) is 18.8. The molecule has 0 aliphatic carbocycles. The lowest BCUT2D eigenvalue weighted by atomic mass is 10.0. The van der Waals surface area contributed by atoms with Gasteiger partial charge in [-0.2, -0.15) is 0 Å². The topological polar surface area (TPSA) is 51.9 Å². The monoisotopic (exact) mass is 403 g/mol. The number of nitrogens with zero attached hydrogens (tertiary/aromatic N) is 1. The normalized spacial score (nSPS) is 17.9. The van der Waals surface area contributed by atoms with E-state index in [9.17, 15) is 4.79 Å². The number of furan rings is 1. The van der Waals surface area contributed by atoms with Crippen molar-refractivity contribution in [3.05, 3.63) is 72.0 Å².